The Labute approximate surface area is 140 Å². The molecule has 0 saturated carbocycles. The van der Waals surface area contributed by atoms with E-state index in [1.807, 2.05) is 0 Å². The largest absolute Gasteiger partial charge is 0.468 e. The van der Waals surface area contributed by atoms with Gasteiger partial charge in [-0.2, -0.15) is 12.6 Å². The maximum Gasteiger partial charge on any atom is 0.341 e. The Morgan fingerprint density at radius 3 is 2.64 bits per heavy atom. The minimum Gasteiger partial charge on any atom is -0.468 e. The van der Waals surface area contributed by atoms with E-state index < -0.39 is 0 Å². The van der Waals surface area contributed by atoms with Crippen LogP contribution in [-0.2, 0) is 27.1 Å². The molecule has 0 aromatic carbocycles. The predicted molar refractivity (Wildman–Crippen MR) is 91.8 cm³/mol. The summed E-state index contributed by atoms with van der Waals surface area (Å²) in [6.45, 7) is 6.97. The smallest absolute Gasteiger partial charge is 0.341 e. The molecule has 2 N–H and O–H groups in total. The molecule has 1 aromatic rings. The third-order valence-corrected chi connectivity index (χ3v) is 4.73. The maximum absolute atomic E-state index is 11.8. The summed E-state index contributed by atoms with van der Waals surface area (Å²) in [7, 11) is 0. The molecular formula is C15H23NO4S2. The number of anilines is 1. The van der Waals surface area contributed by atoms with Gasteiger partial charge in [-0.3, -0.25) is 4.79 Å². The van der Waals surface area contributed by atoms with Gasteiger partial charge < -0.3 is 15.2 Å². The average molecular weight is 345 g/mol. The molecule has 0 bridgehead atoms. The summed E-state index contributed by atoms with van der Waals surface area (Å²) in [5.41, 5.74) is 7.61. The Kier molecular flexibility index (Phi) is 7.22. The Hall–Kier alpha value is -1.21. The van der Waals surface area contributed by atoms with E-state index >= 15 is 0 Å². The van der Waals surface area contributed by atoms with E-state index in [1.54, 1.807) is 13.8 Å². The van der Waals surface area contributed by atoms with E-state index in [4.69, 9.17) is 10.5 Å². The summed E-state index contributed by atoms with van der Waals surface area (Å²) >= 11 is 6.13. The summed E-state index contributed by atoms with van der Waals surface area (Å²) in [6, 6.07) is 0. The minimum absolute atomic E-state index is 0.0101. The molecule has 0 spiro atoms. The van der Waals surface area contributed by atoms with Gasteiger partial charge in [0.25, 0.3) is 6.47 Å². The van der Waals surface area contributed by atoms with Crippen LogP contribution in [0.3, 0.4) is 0 Å². The molecule has 7 heteroatoms. The number of nitrogen functional groups attached to an aromatic ring is 1. The number of hydrogen-bond acceptors (Lipinski definition) is 7. The van der Waals surface area contributed by atoms with Crippen LogP contribution in [0.25, 0.3) is 0 Å². The molecule has 1 unspecified atom stereocenters. The van der Waals surface area contributed by atoms with Crippen molar-refractivity contribution in [2.75, 3.05) is 18.9 Å². The first-order valence-corrected chi connectivity index (χ1v) is 8.47. The van der Waals surface area contributed by atoms with Crippen molar-refractivity contribution in [2.45, 2.75) is 44.8 Å². The van der Waals surface area contributed by atoms with E-state index in [2.05, 4.69) is 24.3 Å². The summed E-state index contributed by atoms with van der Waals surface area (Å²) in [5.74, 6) is -0.287. The van der Waals surface area contributed by atoms with E-state index in [9.17, 15) is 9.59 Å². The van der Waals surface area contributed by atoms with Crippen molar-refractivity contribution in [1.82, 2.24) is 0 Å². The van der Waals surface area contributed by atoms with E-state index in [1.165, 1.54) is 16.2 Å². The number of carbonyl (C=O) groups excluding carboxylic acids is 2. The number of thiophene rings is 1. The molecule has 1 atom stereocenters. The molecule has 1 aliphatic rings. The number of rotatable bonds is 4. The quantitative estimate of drug-likeness (QED) is 0.498. The number of fused-ring (bicyclic) bond motifs is 1. The molecule has 0 saturated heterocycles. The molecule has 0 amide bonds. The Morgan fingerprint density at radius 2 is 2.14 bits per heavy atom. The lowest BCUT2D eigenvalue weighted by molar-refractivity contribution is -0.128. The number of thiol groups is 1. The Bertz CT molecular complexity index is 526. The number of hydrogen-bond donors (Lipinski definition) is 2. The first kappa shape index (κ1) is 18.8. The molecule has 124 valence electrons. The number of carbonyl (C=O) groups is 2. The third-order valence-electron chi connectivity index (χ3n) is 3.29. The first-order chi connectivity index (χ1) is 10.4. The van der Waals surface area contributed by atoms with Gasteiger partial charge in [0.15, 0.2) is 0 Å². The highest BCUT2D eigenvalue weighted by Gasteiger charge is 2.32. The topological polar surface area (TPSA) is 78.6 Å². The fourth-order valence-electron chi connectivity index (χ4n) is 2.26. The zero-order valence-corrected chi connectivity index (χ0v) is 14.9. The highest BCUT2D eigenvalue weighted by atomic mass is 32.1. The first-order valence-electron chi connectivity index (χ1n) is 7.21. The zero-order chi connectivity index (χ0) is 16.8. The van der Waals surface area contributed by atoms with Crippen LogP contribution in [-0.4, -0.2) is 30.4 Å². The highest BCUT2D eigenvalue weighted by molar-refractivity contribution is 7.81. The second-order valence-corrected chi connectivity index (χ2v) is 7.41. The van der Waals surface area contributed by atoms with Crippen molar-refractivity contribution >= 4 is 41.4 Å². The number of ether oxygens (including phenoxy) is 2. The van der Waals surface area contributed by atoms with Gasteiger partial charge in [0.1, 0.15) is 5.00 Å². The van der Waals surface area contributed by atoms with Gasteiger partial charge >= 0.3 is 5.97 Å². The van der Waals surface area contributed by atoms with Gasteiger partial charge in [0, 0.05) is 9.62 Å². The Morgan fingerprint density at radius 1 is 1.45 bits per heavy atom. The molecule has 0 radical (unpaired) electrons. The standard InChI is InChI=1S/C12H17NO2S2.C3H6O2/c1-3-15-11(14)9-7-4-5-12(2,16)6-8(7)17-10(9)13;1-2-5-3-4/h16H,3-6,13H2,1-2H3;3H,2H2,1H3. The summed E-state index contributed by atoms with van der Waals surface area (Å²) < 4.78 is 9.22. The van der Waals surface area contributed by atoms with Gasteiger partial charge in [-0.05, 0) is 38.7 Å². The molecule has 5 nitrogen and oxygen atoms in total. The van der Waals surface area contributed by atoms with Crippen molar-refractivity contribution in [2.24, 2.45) is 0 Å². The monoisotopic (exact) mass is 345 g/mol. The molecular weight excluding hydrogens is 322 g/mol. The van der Waals surface area contributed by atoms with E-state index in [0.717, 1.165) is 24.8 Å². The number of nitrogens with two attached hydrogens (primary N) is 1. The molecule has 0 aliphatic heterocycles. The maximum atomic E-state index is 11.8. The van der Waals surface area contributed by atoms with Gasteiger partial charge in [-0.25, -0.2) is 4.79 Å². The molecule has 2 rings (SSSR count). The van der Waals surface area contributed by atoms with E-state index in [0.29, 0.717) is 30.3 Å². The van der Waals surface area contributed by atoms with Crippen LogP contribution < -0.4 is 5.73 Å². The summed E-state index contributed by atoms with van der Waals surface area (Å²) in [4.78, 5) is 22.2. The zero-order valence-electron chi connectivity index (χ0n) is 13.2. The van der Waals surface area contributed by atoms with Gasteiger partial charge in [-0.15, -0.1) is 11.3 Å². The molecule has 1 aliphatic carbocycles. The highest BCUT2D eigenvalue weighted by Crippen LogP contribution is 2.41. The SMILES string of the molecule is CCOC(=O)c1c(N)sc2c1CCC(C)(S)C2.CCOC=O. The third kappa shape index (κ3) is 4.91. The lowest BCUT2D eigenvalue weighted by atomic mass is 9.87. The van der Waals surface area contributed by atoms with E-state index in [-0.39, 0.29) is 10.7 Å². The minimum atomic E-state index is -0.287. The lowest BCUT2D eigenvalue weighted by Crippen LogP contribution is -2.26. The van der Waals surface area contributed by atoms with Crippen LogP contribution in [0.4, 0.5) is 5.00 Å². The van der Waals surface area contributed by atoms with Gasteiger partial charge in [-0.1, -0.05) is 6.92 Å². The fourth-order valence-corrected chi connectivity index (χ4v) is 3.93. The second-order valence-electron chi connectivity index (χ2n) is 5.19. The fraction of sp³-hybridized carbons (Fsp3) is 0.600. The van der Waals surface area contributed by atoms with Crippen LogP contribution in [0.5, 0.6) is 0 Å². The van der Waals surface area contributed by atoms with Crippen LogP contribution in [0.15, 0.2) is 0 Å². The van der Waals surface area contributed by atoms with Crippen LogP contribution in [0, 0.1) is 0 Å². The van der Waals surface area contributed by atoms with Gasteiger partial charge in [0.05, 0.1) is 18.8 Å². The summed E-state index contributed by atoms with van der Waals surface area (Å²) in [5, 5.41) is 0.583. The van der Waals surface area contributed by atoms with Crippen LogP contribution in [0.1, 0.15) is 48.0 Å². The van der Waals surface area contributed by atoms with Crippen molar-refractivity contribution in [1.29, 1.82) is 0 Å². The summed E-state index contributed by atoms with van der Waals surface area (Å²) in [6.07, 6.45) is 2.70. The van der Waals surface area contributed by atoms with Crippen LogP contribution >= 0.6 is 24.0 Å². The van der Waals surface area contributed by atoms with Crippen molar-refractivity contribution in [3.8, 4) is 0 Å². The van der Waals surface area contributed by atoms with Crippen molar-refractivity contribution < 1.29 is 19.1 Å². The average Bonchev–Trinajstić information content (AvgIpc) is 2.74. The second kappa shape index (κ2) is 8.43. The molecule has 0 fully saturated rings. The van der Waals surface area contributed by atoms with Crippen LogP contribution in [0.2, 0.25) is 0 Å². The molecule has 1 heterocycles. The lowest BCUT2D eigenvalue weighted by Gasteiger charge is -2.28. The molecule has 22 heavy (non-hydrogen) atoms. The normalized spacial score (nSPS) is 19.5. The van der Waals surface area contributed by atoms with Gasteiger partial charge in [0.2, 0.25) is 0 Å². The van der Waals surface area contributed by atoms with Crippen molar-refractivity contribution in [3.05, 3.63) is 16.0 Å². The Balaban J connectivity index is 0.000000422. The van der Waals surface area contributed by atoms with Crippen molar-refractivity contribution in [3.63, 3.8) is 0 Å². The molecule has 1 aromatic heterocycles. The number of esters is 1. The predicted octanol–water partition coefficient (Wildman–Crippen LogP) is 2.86.